The lowest BCUT2D eigenvalue weighted by molar-refractivity contribution is 0.0978. The van der Waals surface area contributed by atoms with Crippen LogP contribution >= 0.6 is 11.5 Å². The predicted molar refractivity (Wildman–Crippen MR) is 62.6 cm³/mol. The molecule has 2 aromatic heterocycles. The van der Waals surface area contributed by atoms with Crippen molar-refractivity contribution in [1.29, 1.82) is 0 Å². The molecule has 1 aliphatic carbocycles. The van der Waals surface area contributed by atoms with E-state index < -0.39 is 0 Å². The van der Waals surface area contributed by atoms with Gasteiger partial charge in [-0.05, 0) is 30.1 Å². The number of hydrogen-bond acceptors (Lipinski definition) is 5. The first kappa shape index (κ1) is 10.3. The Morgan fingerprint density at radius 1 is 1.29 bits per heavy atom. The van der Waals surface area contributed by atoms with Crippen LogP contribution in [0, 0.1) is 0 Å². The van der Waals surface area contributed by atoms with Crippen molar-refractivity contribution in [2.24, 2.45) is 0 Å². The van der Waals surface area contributed by atoms with E-state index in [4.69, 9.17) is 0 Å². The molecule has 0 spiro atoms. The Labute approximate surface area is 101 Å². The highest BCUT2D eigenvalue weighted by molar-refractivity contribution is 7.09. The van der Waals surface area contributed by atoms with Gasteiger partial charge in [-0.25, -0.2) is 0 Å². The van der Waals surface area contributed by atoms with E-state index in [9.17, 15) is 9.59 Å². The standard InChI is InChI=1S/C12H8N2O2S/c1-2-7-8-11(16)9-6(4-3-5-13-9)10(15)12(8)17-14-7/h3-5H,2H2,1H3. The van der Waals surface area contributed by atoms with Gasteiger partial charge in [0.2, 0.25) is 11.6 Å². The Bertz CT molecular complexity index is 646. The zero-order chi connectivity index (χ0) is 12.0. The van der Waals surface area contributed by atoms with Crippen LogP contribution in [0.2, 0.25) is 0 Å². The largest absolute Gasteiger partial charge is 0.288 e. The van der Waals surface area contributed by atoms with Crippen molar-refractivity contribution >= 4 is 23.1 Å². The molecule has 0 atom stereocenters. The van der Waals surface area contributed by atoms with E-state index in [1.807, 2.05) is 6.92 Å². The molecular formula is C12H8N2O2S. The summed E-state index contributed by atoms with van der Waals surface area (Å²) in [5.74, 6) is -0.319. The molecule has 17 heavy (non-hydrogen) atoms. The van der Waals surface area contributed by atoms with Crippen molar-refractivity contribution in [3.05, 3.63) is 45.7 Å². The molecule has 0 unspecified atom stereocenters. The summed E-state index contributed by atoms with van der Waals surface area (Å²) in [5.41, 5.74) is 1.78. The van der Waals surface area contributed by atoms with Crippen LogP contribution in [0.25, 0.3) is 0 Å². The number of aryl methyl sites for hydroxylation is 1. The summed E-state index contributed by atoms with van der Waals surface area (Å²) in [4.78, 5) is 28.9. The SMILES string of the molecule is CCc1nsc2c1C(=O)c1ncccc1C2=O. The molecule has 0 amide bonds. The average molecular weight is 244 g/mol. The van der Waals surface area contributed by atoms with Crippen LogP contribution < -0.4 is 0 Å². The van der Waals surface area contributed by atoms with Crippen LogP contribution in [0.5, 0.6) is 0 Å². The lowest BCUT2D eigenvalue weighted by atomic mass is 9.91. The average Bonchev–Trinajstić information content (AvgIpc) is 2.80. The molecule has 0 radical (unpaired) electrons. The molecule has 1 aliphatic rings. The van der Waals surface area contributed by atoms with E-state index in [1.165, 1.54) is 6.20 Å². The third-order valence-corrected chi connectivity index (χ3v) is 3.68. The number of pyridine rings is 1. The van der Waals surface area contributed by atoms with Crippen LogP contribution in [0.3, 0.4) is 0 Å². The fourth-order valence-electron chi connectivity index (χ4n) is 1.96. The number of carbonyl (C=O) groups excluding carboxylic acids is 2. The second-order valence-electron chi connectivity index (χ2n) is 3.74. The Balaban J connectivity index is 2.31. The molecule has 0 N–H and O–H groups in total. The molecule has 3 rings (SSSR count). The quantitative estimate of drug-likeness (QED) is 0.655. The van der Waals surface area contributed by atoms with Gasteiger partial charge < -0.3 is 0 Å². The normalized spacial score (nSPS) is 13.5. The van der Waals surface area contributed by atoms with Crippen molar-refractivity contribution < 1.29 is 9.59 Å². The molecule has 84 valence electrons. The van der Waals surface area contributed by atoms with Crippen molar-refractivity contribution in [2.45, 2.75) is 13.3 Å². The van der Waals surface area contributed by atoms with Crippen molar-refractivity contribution in [3.63, 3.8) is 0 Å². The predicted octanol–water partition coefficient (Wildman–Crippen LogP) is 1.88. The van der Waals surface area contributed by atoms with Gasteiger partial charge >= 0.3 is 0 Å². The van der Waals surface area contributed by atoms with E-state index in [0.29, 0.717) is 28.1 Å². The molecule has 0 aliphatic heterocycles. The summed E-state index contributed by atoms with van der Waals surface area (Å²) in [6.07, 6.45) is 2.17. The number of carbonyl (C=O) groups is 2. The minimum atomic E-state index is -0.180. The lowest BCUT2D eigenvalue weighted by Crippen LogP contribution is -2.21. The first-order chi connectivity index (χ1) is 8.24. The minimum absolute atomic E-state index is 0.139. The van der Waals surface area contributed by atoms with Gasteiger partial charge in [-0.2, -0.15) is 4.37 Å². The molecule has 0 saturated carbocycles. The van der Waals surface area contributed by atoms with Gasteiger partial charge in [-0.3, -0.25) is 14.6 Å². The van der Waals surface area contributed by atoms with Crippen LogP contribution in [-0.2, 0) is 6.42 Å². The van der Waals surface area contributed by atoms with Gasteiger partial charge in [0.25, 0.3) is 0 Å². The van der Waals surface area contributed by atoms with Gasteiger partial charge in [0.15, 0.2) is 0 Å². The highest BCUT2D eigenvalue weighted by Gasteiger charge is 2.34. The molecule has 4 nitrogen and oxygen atoms in total. The van der Waals surface area contributed by atoms with Gasteiger partial charge in [0.05, 0.1) is 16.8 Å². The number of fused-ring (bicyclic) bond motifs is 2. The molecule has 5 heteroatoms. The number of rotatable bonds is 1. The summed E-state index contributed by atoms with van der Waals surface area (Å²) in [5, 5.41) is 0. The Morgan fingerprint density at radius 3 is 2.88 bits per heavy atom. The molecule has 0 aromatic carbocycles. The second-order valence-corrected chi connectivity index (χ2v) is 4.52. The first-order valence-electron chi connectivity index (χ1n) is 5.27. The van der Waals surface area contributed by atoms with Crippen molar-refractivity contribution in [3.8, 4) is 0 Å². The van der Waals surface area contributed by atoms with E-state index >= 15 is 0 Å². The molecule has 0 saturated heterocycles. The number of nitrogens with zero attached hydrogens (tertiary/aromatic N) is 2. The molecule has 2 heterocycles. The zero-order valence-electron chi connectivity index (χ0n) is 9.06. The maximum absolute atomic E-state index is 12.2. The monoisotopic (exact) mass is 244 g/mol. The second kappa shape index (κ2) is 3.56. The summed E-state index contributed by atoms with van der Waals surface area (Å²) in [6, 6.07) is 3.30. The Morgan fingerprint density at radius 2 is 2.12 bits per heavy atom. The van der Waals surface area contributed by atoms with E-state index in [-0.39, 0.29) is 17.3 Å². The summed E-state index contributed by atoms with van der Waals surface area (Å²) in [7, 11) is 0. The highest BCUT2D eigenvalue weighted by Crippen LogP contribution is 2.30. The summed E-state index contributed by atoms with van der Waals surface area (Å²) in [6.45, 7) is 1.92. The minimum Gasteiger partial charge on any atom is -0.288 e. The number of ketones is 2. The molecule has 2 aromatic rings. The topological polar surface area (TPSA) is 59.9 Å². The third-order valence-electron chi connectivity index (χ3n) is 2.80. The van der Waals surface area contributed by atoms with Crippen LogP contribution in [0.15, 0.2) is 18.3 Å². The fourth-order valence-corrected chi connectivity index (χ4v) is 2.88. The zero-order valence-corrected chi connectivity index (χ0v) is 9.87. The van der Waals surface area contributed by atoms with Gasteiger partial charge in [-0.1, -0.05) is 6.92 Å². The Hall–Kier alpha value is -1.88. The van der Waals surface area contributed by atoms with Crippen molar-refractivity contribution in [1.82, 2.24) is 9.36 Å². The number of aromatic nitrogens is 2. The Kier molecular flexibility index (Phi) is 2.16. The van der Waals surface area contributed by atoms with Gasteiger partial charge in [0.1, 0.15) is 10.6 Å². The summed E-state index contributed by atoms with van der Waals surface area (Å²) < 4.78 is 4.17. The van der Waals surface area contributed by atoms with E-state index in [0.717, 1.165) is 11.5 Å². The van der Waals surface area contributed by atoms with E-state index in [2.05, 4.69) is 9.36 Å². The van der Waals surface area contributed by atoms with Crippen LogP contribution in [-0.4, -0.2) is 20.9 Å². The number of hydrogen-bond donors (Lipinski definition) is 0. The van der Waals surface area contributed by atoms with Crippen molar-refractivity contribution in [2.75, 3.05) is 0 Å². The smallest absolute Gasteiger partial charge is 0.215 e. The van der Waals surface area contributed by atoms with Gasteiger partial charge in [0, 0.05) is 6.20 Å². The van der Waals surface area contributed by atoms with Gasteiger partial charge in [-0.15, -0.1) is 0 Å². The molecule has 0 fully saturated rings. The highest BCUT2D eigenvalue weighted by atomic mass is 32.1. The molecule has 0 bridgehead atoms. The molecular weight excluding hydrogens is 236 g/mol. The van der Waals surface area contributed by atoms with E-state index in [1.54, 1.807) is 12.1 Å². The lowest BCUT2D eigenvalue weighted by Gasteiger charge is -2.12. The first-order valence-corrected chi connectivity index (χ1v) is 6.04. The van der Waals surface area contributed by atoms with Crippen LogP contribution in [0.1, 0.15) is 43.9 Å². The van der Waals surface area contributed by atoms with Crippen LogP contribution in [0.4, 0.5) is 0 Å². The maximum Gasteiger partial charge on any atom is 0.215 e. The fraction of sp³-hybridized carbons (Fsp3) is 0.167. The summed E-state index contributed by atoms with van der Waals surface area (Å²) >= 11 is 1.10. The maximum atomic E-state index is 12.2. The third kappa shape index (κ3) is 1.29.